The first-order chi connectivity index (χ1) is 8.15. The van der Waals surface area contributed by atoms with E-state index in [4.69, 9.17) is 9.47 Å². The van der Waals surface area contributed by atoms with Gasteiger partial charge in [-0.15, -0.1) is 0 Å². The molecule has 17 heavy (non-hydrogen) atoms. The summed E-state index contributed by atoms with van der Waals surface area (Å²) in [6.45, 7) is 7.66. The van der Waals surface area contributed by atoms with Crippen LogP contribution in [0.3, 0.4) is 0 Å². The maximum absolute atomic E-state index is 10.0. The van der Waals surface area contributed by atoms with Crippen molar-refractivity contribution in [3.8, 4) is 5.75 Å². The second-order valence-corrected chi connectivity index (χ2v) is 4.42. The van der Waals surface area contributed by atoms with E-state index in [1.165, 1.54) is 0 Å². The van der Waals surface area contributed by atoms with Crippen LogP contribution in [0.2, 0.25) is 0 Å². The molecule has 0 saturated carbocycles. The second-order valence-electron chi connectivity index (χ2n) is 4.42. The zero-order valence-corrected chi connectivity index (χ0v) is 10.8. The average molecular weight is 238 g/mol. The Kier molecular flexibility index (Phi) is 6.01. The quantitative estimate of drug-likeness (QED) is 0.794. The molecule has 0 aliphatic carbocycles. The molecule has 0 amide bonds. The predicted octanol–water partition coefficient (Wildman–Crippen LogP) is 2.79. The van der Waals surface area contributed by atoms with Gasteiger partial charge in [-0.05, 0) is 18.9 Å². The highest BCUT2D eigenvalue weighted by Gasteiger charge is 2.13. The highest BCUT2D eigenvalue weighted by Crippen LogP contribution is 2.25. The van der Waals surface area contributed by atoms with Crippen molar-refractivity contribution in [2.24, 2.45) is 5.92 Å². The summed E-state index contributed by atoms with van der Waals surface area (Å²) in [6, 6.07) is 7.53. The monoisotopic (exact) mass is 238 g/mol. The van der Waals surface area contributed by atoms with Gasteiger partial charge in [0.25, 0.3) is 0 Å². The molecule has 0 saturated heterocycles. The summed E-state index contributed by atoms with van der Waals surface area (Å²) < 4.78 is 10.9. The number of rotatable bonds is 7. The minimum absolute atomic E-state index is 0.308. The van der Waals surface area contributed by atoms with Crippen LogP contribution in [0.4, 0.5) is 0 Å². The van der Waals surface area contributed by atoms with Crippen LogP contribution < -0.4 is 4.74 Å². The Hall–Kier alpha value is -1.06. The molecule has 1 aromatic rings. The first-order valence-electron chi connectivity index (χ1n) is 6.12. The molecule has 0 aromatic heterocycles. The lowest BCUT2D eigenvalue weighted by Gasteiger charge is -2.16. The Morgan fingerprint density at radius 3 is 2.53 bits per heavy atom. The van der Waals surface area contributed by atoms with Crippen LogP contribution >= 0.6 is 0 Å². The lowest BCUT2D eigenvalue weighted by Crippen LogP contribution is -2.12. The largest absolute Gasteiger partial charge is 0.493 e. The average Bonchev–Trinajstić information content (AvgIpc) is 2.29. The number of hydrogen-bond donors (Lipinski definition) is 1. The van der Waals surface area contributed by atoms with E-state index in [2.05, 4.69) is 13.8 Å². The maximum Gasteiger partial charge on any atom is 0.125 e. The van der Waals surface area contributed by atoms with Crippen LogP contribution in [0, 0.1) is 5.92 Å². The number of ether oxygens (including phenoxy) is 2. The lowest BCUT2D eigenvalue weighted by molar-refractivity contribution is 0.0237. The van der Waals surface area contributed by atoms with Crippen LogP contribution in [0.5, 0.6) is 5.75 Å². The predicted molar refractivity (Wildman–Crippen MR) is 68.2 cm³/mol. The van der Waals surface area contributed by atoms with E-state index in [1.807, 2.05) is 31.2 Å². The van der Waals surface area contributed by atoms with Crippen LogP contribution in [0.1, 0.15) is 32.4 Å². The van der Waals surface area contributed by atoms with Gasteiger partial charge in [-0.1, -0.05) is 32.0 Å². The third kappa shape index (κ3) is 4.75. The molecule has 1 N–H and O–H groups in total. The fourth-order valence-corrected chi connectivity index (χ4v) is 1.55. The Labute approximate surface area is 103 Å². The summed E-state index contributed by atoms with van der Waals surface area (Å²) in [5, 5.41) is 10.0. The maximum atomic E-state index is 10.0. The summed E-state index contributed by atoms with van der Waals surface area (Å²) in [7, 11) is 0. The Bertz CT molecular complexity index is 323. The fourth-order valence-electron chi connectivity index (χ4n) is 1.55. The van der Waals surface area contributed by atoms with E-state index in [1.54, 1.807) is 0 Å². The van der Waals surface area contributed by atoms with Crippen LogP contribution in [0.15, 0.2) is 24.3 Å². The molecule has 0 fully saturated rings. The summed E-state index contributed by atoms with van der Waals surface area (Å²) >= 11 is 0. The SMILES string of the molecule is CCOc1ccccc1C(O)COCC(C)C. The van der Waals surface area contributed by atoms with E-state index >= 15 is 0 Å². The van der Waals surface area contributed by atoms with Gasteiger partial charge in [-0.2, -0.15) is 0 Å². The van der Waals surface area contributed by atoms with E-state index < -0.39 is 6.10 Å². The normalized spacial score (nSPS) is 12.8. The standard InChI is InChI=1S/C14H22O3/c1-4-17-14-8-6-5-7-12(14)13(15)10-16-9-11(2)3/h5-8,11,13,15H,4,9-10H2,1-3H3. The second kappa shape index (κ2) is 7.30. The van der Waals surface area contributed by atoms with E-state index in [0.29, 0.717) is 25.7 Å². The number of benzene rings is 1. The van der Waals surface area contributed by atoms with Gasteiger partial charge >= 0.3 is 0 Å². The molecule has 1 atom stereocenters. The molecule has 0 heterocycles. The third-order valence-corrected chi connectivity index (χ3v) is 2.30. The van der Waals surface area contributed by atoms with Crippen molar-refractivity contribution in [1.82, 2.24) is 0 Å². The van der Waals surface area contributed by atoms with Gasteiger partial charge in [-0.25, -0.2) is 0 Å². The van der Waals surface area contributed by atoms with Gasteiger partial charge in [0.2, 0.25) is 0 Å². The zero-order valence-electron chi connectivity index (χ0n) is 10.8. The van der Waals surface area contributed by atoms with Gasteiger partial charge in [0.05, 0.1) is 13.2 Å². The van der Waals surface area contributed by atoms with Gasteiger partial charge in [0.15, 0.2) is 0 Å². The summed E-state index contributed by atoms with van der Waals surface area (Å²) in [6.07, 6.45) is -0.628. The first-order valence-corrected chi connectivity index (χ1v) is 6.12. The van der Waals surface area contributed by atoms with Crippen molar-refractivity contribution < 1.29 is 14.6 Å². The van der Waals surface area contributed by atoms with Crippen molar-refractivity contribution in [1.29, 1.82) is 0 Å². The van der Waals surface area contributed by atoms with E-state index in [9.17, 15) is 5.11 Å². The van der Waals surface area contributed by atoms with Gasteiger partial charge in [0, 0.05) is 12.2 Å². The van der Waals surface area contributed by atoms with Crippen molar-refractivity contribution in [3.05, 3.63) is 29.8 Å². The first kappa shape index (κ1) is 14.0. The number of aliphatic hydroxyl groups is 1. The molecular weight excluding hydrogens is 216 g/mol. The number of para-hydroxylation sites is 1. The summed E-state index contributed by atoms with van der Waals surface area (Å²) in [4.78, 5) is 0. The molecule has 0 aliphatic rings. The minimum atomic E-state index is -0.628. The highest BCUT2D eigenvalue weighted by molar-refractivity contribution is 5.35. The van der Waals surface area contributed by atoms with Crippen molar-refractivity contribution in [2.45, 2.75) is 26.9 Å². The highest BCUT2D eigenvalue weighted by atomic mass is 16.5. The van der Waals surface area contributed by atoms with E-state index in [0.717, 1.165) is 11.3 Å². The molecule has 1 rings (SSSR count). The molecular formula is C14H22O3. The van der Waals surface area contributed by atoms with Crippen molar-refractivity contribution in [2.75, 3.05) is 19.8 Å². The van der Waals surface area contributed by atoms with Crippen LogP contribution in [0.25, 0.3) is 0 Å². The van der Waals surface area contributed by atoms with Gasteiger partial charge < -0.3 is 14.6 Å². The van der Waals surface area contributed by atoms with E-state index in [-0.39, 0.29) is 0 Å². The van der Waals surface area contributed by atoms with Gasteiger partial charge in [0.1, 0.15) is 11.9 Å². The summed E-state index contributed by atoms with van der Waals surface area (Å²) in [5.74, 6) is 1.21. The molecule has 0 spiro atoms. The smallest absolute Gasteiger partial charge is 0.125 e. The molecule has 0 aliphatic heterocycles. The lowest BCUT2D eigenvalue weighted by atomic mass is 10.1. The Morgan fingerprint density at radius 2 is 1.88 bits per heavy atom. The van der Waals surface area contributed by atoms with Crippen molar-refractivity contribution >= 4 is 0 Å². The molecule has 1 aromatic carbocycles. The molecule has 96 valence electrons. The minimum Gasteiger partial charge on any atom is -0.493 e. The molecule has 0 bridgehead atoms. The molecule has 3 nitrogen and oxygen atoms in total. The van der Waals surface area contributed by atoms with Crippen molar-refractivity contribution in [3.63, 3.8) is 0 Å². The molecule has 0 radical (unpaired) electrons. The molecule has 3 heteroatoms. The number of aliphatic hydroxyl groups excluding tert-OH is 1. The Balaban J connectivity index is 2.58. The van der Waals surface area contributed by atoms with Crippen LogP contribution in [-0.4, -0.2) is 24.9 Å². The van der Waals surface area contributed by atoms with Gasteiger partial charge in [-0.3, -0.25) is 0 Å². The number of hydrogen-bond acceptors (Lipinski definition) is 3. The summed E-state index contributed by atoms with van der Waals surface area (Å²) in [5.41, 5.74) is 0.790. The van der Waals surface area contributed by atoms with Crippen LogP contribution in [-0.2, 0) is 4.74 Å². The third-order valence-electron chi connectivity index (χ3n) is 2.30. The fraction of sp³-hybridized carbons (Fsp3) is 0.571. The Morgan fingerprint density at radius 1 is 1.18 bits per heavy atom. The molecule has 1 unspecified atom stereocenters. The topological polar surface area (TPSA) is 38.7 Å². The zero-order chi connectivity index (χ0) is 12.7.